The molecule has 0 saturated carbocycles. The van der Waals surface area contributed by atoms with Gasteiger partial charge in [-0.25, -0.2) is 9.59 Å². The van der Waals surface area contributed by atoms with Gasteiger partial charge in [-0.3, -0.25) is 14.7 Å². The highest BCUT2D eigenvalue weighted by Crippen LogP contribution is 2.43. The molecule has 3 rings (SSSR count). The number of benzene rings is 1. The van der Waals surface area contributed by atoms with Crippen LogP contribution in [0.5, 0.6) is 0 Å². The van der Waals surface area contributed by atoms with Crippen LogP contribution in [0.3, 0.4) is 0 Å². The molecule has 0 spiro atoms. The second-order valence-corrected chi connectivity index (χ2v) is 7.12. The molecule has 1 aromatic heterocycles. The molecule has 2 heterocycles. The lowest BCUT2D eigenvalue weighted by Gasteiger charge is -2.39. The molecule has 5 unspecified atom stereocenters. The van der Waals surface area contributed by atoms with Gasteiger partial charge in [-0.05, 0) is 12.1 Å². The molecule has 5 atom stereocenters. The number of carbonyl (C=O) groups excluding carboxylic acids is 2. The van der Waals surface area contributed by atoms with E-state index in [9.17, 15) is 40.1 Å². The predicted molar refractivity (Wildman–Crippen MR) is 108 cm³/mol. The lowest BCUT2D eigenvalue weighted by atomic mass is 9.90. The van der Waals surface area contributed by atoms with Crippen LogP contribution in [0, 0.1) is 10.1 Å². The van der Waals surface area contributed by atoms with Crippen LogP contribution in [0.15, 0.2) is 30.3 Å². The highest BCUT2D eigenvalue weighted by molar-refractivity contribution is 6.01. The van der Waals surface area contributed by atoms with Crippen molar-refractivity contribution in [2.24, 2.45) is 0 Å². The second-order valence-electron chi connectivity index (χ2n) is 7.12. The Morgan fingerprint density at radius 3 is 2.12 bits per heavy atom. The summed E-state index contributed by atoms with van der Waals surface area (Å²) in [4.78, 5) is 36.7. The molecule has 2 aromatic rings. The van der Waals surface area contributed by atoms with E-state index >= 15 is 0 Å². The molecule has 0 bridgehead atoms. The molecular weight excluding hydrogens is 444 g/mol. The van der Waals surface area contributed by atoms with Crippen LogP contribution in [0.4, 0.5) is 5.69 Å². The summed E-state index contributed by atoms with van der Waals surface area (Å²) in [6, 6.07) is 7.66. The van der Waals surface area contributed by atoms with E-state index in [0.29, 0.717) is 0 Å². The Balaban J connectivity index is 2.45. The minimum atomic E-state index is -1.97. The Bertz CT molecular complexity index is 1050. The number of carbonyl (C=O) groups is 2. The molecule has 1 aromatic carbocycles. The Morgan fingerprint density at radius 1 is 1.03 bits per heavy atom. The van der Waals surface area contributed by atoms with E-state index in [-0.39, 0.29) is 5.69 Å². The van der Waals surface area contributed by atoms with Crippen LogP contribution in [-0.4, -0.2) is 87.1 Å². The van der Waals surface area contributed by atoms with Gasteiger partial charge in [0.2, 0.25) is 5.69 Å². The molecule has 0 amide bonds. The zero-order valence-corrected chi connectivity index (χ0v) is 17.5. The number of aliphatic hydroxyl groups excluding tert-OH is 4. The summed E-state index contributed by atoms with van der Waals surface area (Å²) in [6.45, 7) is -0.813. The third-order valence-corrected chi connectivity index (χ3v) is 5.31. The molecule has 13 heteroatoms. The first-order valence-corrected chi connectivity index (χ1v) is 9.65. The van der Waals surface area contributed by atoms with E-state index < -0.39 is 76.6 Å². The Labute approximate surface area is 186 Å². The lowest BCUT2D eigenvalue weighted by molar-refractivity contribution is -0.387. The van der Waals surface area contributed by atoms with E-state index in [1.807, 2.05) is 0 Å². The predicted octanol–water partition coefficient (Wildman–Crippen LogP) is -0.526. The summed E-state index contributed by atoms with van der Waals surface area (Å²) in [5.41, 5.74) is -2.58. The number of esters is 2. The minimum Gasteiger partial charge on any atom is -0.464 e. The summed E-state index contributed by atoms with van der Waals surface area (Å²) in [7, 11) is 1.99. The van der Waals surface area contributed by atoms with Crippen molar-refractivity contribution in [3.05, 3.63) is 57.4 Å². The van der Waals surface area contributed by atoms with Gasteiger partial charge in [-0.1, -0.05) is 18.2 Å². The van der Waals surface area contributed by atoms with Crippen molar-refractivity contribution in [1.82, 2.24) is 4.57 Å². The van der Waals surface area contributed by atoms with E-state index in [1.54, 1.807) is 18.2 Å². The molecule has 1 fully saturated rings. The lowest BCUT2D eigenvalue weighted by Crippen LogP contribution is -2.55. The molecule has 0 aliphatic carbocycles. The molecule has 178 valence electrons. The highest BCUT2D eigenvalue weighted by atomic mass is 16.6. The Kier molecular flexibility index (Phi) is 7.09. The van der Waals surface area contributed by atoms with Crippen LogP contribution in [0.1, 0.15) is 32.6 Å². The van der Waals surface area contributed by atoms with Crippen molar-refractivity contribution in [1.29, 1.82) is 0 Å². The Hall–Kier alpha value is -3.36. The van der Waals surface area contributed by atoms with Crippen LogP contribution in [-0.2, 0) is 14.2 Å². The van der Waals surface area contributed by atoms with Crippen molar-refractivity contribution in [2.45, 2.75) is 30.5 Å². The molecule has 1 aliphatic rings. The van der Waals surface area contributed by atoms with E-state index in [1.165, 1.54) is 12.1 Å². The second kappa shape index (κ2) is 9.64. The van der Waals surface area contributed by atoms with Crippen molar-refractivity contribution < 1.29 is 49.1 Å². The smallest absolute Gasteiger partial charge is 0.362 e. The average Bonchev–Trinajstić information content (AvgIpc) is 3.18. The third-order valence-electron chi connectivity index (χ3n) is 5.31. The van der Waals surface area contributed by atoms with Crippen LogP contribution in [0.25, 0.3) is 5.69 Å². The number of nitrogens with zero attached hydrogens (tertiary/aromatic N) is 2. The molecule has 1 aliphatic heterocycles. The fourth-order valence-corrected chi connectivity index (χ4v) is 3.79. The van der Waals surface area contributed by atoms with Gasteiger partial charge in [0.15, 0.2) is 0 Å². The van der Waals surface area contributed by atoms with E-state index in [4.69, 9.17) is 14.2 Å². The average molecular weight is 466 g/mol. The van der Waals surface area contributed by atoms with Crippen molar-refractivity contribution in [3.63, 3.8) is 0 Å². The number of aromatic nitrogens is 1. The number of hydrogen-bond donors (Lipinski definition) is 4. The van der Waals surface area contributed by atoms with E-state index in [2.05, 4.69) is 0 Å². The molecule has 33 heavy (non-hydrogen) atoms. The topological polar surface area (TPSA) is 191 Å². The van der Waals surface area contributed by atoms with Gasteiger partial charge < -0.3 is 34.6 Å². The highest BCUT2D eigenvalue weighted by Gasteiger charge is 2.51. The maximum absolute atomic E-state index is 12.9. The maximum atomic E-state index is 12.9. The minimum absolute atomic E-state index is 0.150. The standard InChI is InChI=1S/C20H22N2O11/c1-31-19(27)13-11(18-17(26)16(25)15(24)10(8-23)33-18)12(22(29)30)14(20(28)32-2)21(13)9-6-4-3-5-7-9/h3-7,10,15-18,23-26H,8H2,1-2H3. The fraction of sp³-hybridized carbons (Fsp3) is 0.400. The van der Waals surface area contributed by atoms with Crippen molar-refractivity contribution in [3.8, 4) is 5.69 Å². The first kappa shape index (κ1) is 24.3. The number of hydrogen-bond acceptors (Lipinski definition) is 11. The summed E-state index contributed by atoms with van der Waals surface area (Å²) in [5, 5.41) is 52.6. The van der Waals surface area contributed by atoms with E-state index in [0.717, 1.165) is 18.8 Å². The zero-order chi connectivity index (χ0) is 24.4. The number of nitro groups is 1. The van der Waals surface area contributed by atoms with Gasteiger partial charge in [0.1, 0.15) is 36.2 Å². The summed E-state index contributed by atoms with van der Waals surface area (Å²) in [6.07, 6.45) is -8.85. The number of rotatable bonds is 6. The van der Waals surface area contributed by atoms with Gasteiger partial charge in [0, 0.05) is 5.69 Å². The van der Waals surface area contributed by atoms with Crippen LogP contribution in [0.2, 0.25) is 0 Å². The van der Waals surface area contributed by atoms with Gasteiger partial charge in [0.05, 0.1) is 31.3 Å². The number of methoxy groups -OCH3 is 2. The molecule has 1 saturated heterocycles. The van der Waals surface area contributed by atoms with Gasteiger partial charge in [-0.15, -0.1) is 0 Å². The molecular formula is C20H22N2O11. The van der Waals surface area contributed by atoms with Crippen molar-refractivity contribution in [2.75, 3.05) is 20.8 Å². The van der Waals surface area contributed by atoms with Crippen molar-refractivity contribution >= 4 is 17.6 Å². The normalized spacial score (nSPS) is 24.8. The number of aliphatic hydroxyl groups is 4. The Morgan fingerprint density at radius 2 is 1.61 bits per heavy atom. The molecule has 0 radical (unpaired) electrons. The van der Waals surface area contributed by atoms with Crippen LogP contribution < -0.4 is 0 Å². The summed E-state index contributed by atoms with van der Waals surface area (Å²) >= 11 is 0. The number of ether oxygens (including phenoxy) is 3. The van der Waals surface area contributed by atoms with Crippen LogP contribution >= 0.6 is 0 Å². The van der Waals surface area contributed by atoms with Gasteiger partial charge in [-0.2, -0.15) is 0 Å². The zero-order valence-electron chi connectivity index (χ0n) is 17.5. The summed E-state index contributed by atoms with van der Waals surface area (Å²) in [5.74, 6) is -2.30. The molecule has 13 nitrogen and oxygen atoms in total. The molecule has 4 N–H and O–H groups in total. The number of para-hydroxylation sites is 1. The largest absolute Gasteiger partial charge is 0.464 e. The SMILES string of the molecule is COC(=O)c1c(C2OC(CO)C(O)C(O)C2O)c([N+](=O)[O-])c(C(=O)OC)n1-c1ccccc1. The summed E-state index contributed by atoms with van der Waals surface area (Å²) < 4.78 is 15.9. The monoisotopic (exact) mass is 466 g/mol. The quantitative estimate of drug-likeness (QED) is 0.243. The fourth-order valence-electron chi connectivity index (χ4n) is 3.79. The first-order valence-electron chi connectivity index (χ1n) is 9.65. The first-order chi connectivity index (χ1) is 15.7. The maximum Gasteiger partial charge on any atom is 0.362 e. The van der Waals surface area contributed by atoms with Gasteiger partial charge in [0.25, 0.3) is 0 Å². The van der Waals surface area contributed by atoms with Gasteiger partial charge >= 0.3 is 17.6 Å². The third kappa shape index (κ3) is 4.07.